The van der Waals surface area contributed by atoms with Crippen LogP contribution in [-0.4, -0.2) is 36.4 Å². The highest BCUT2D eigenvalue weighted by Crippen LogP contribution is 2.35. The number of carbonyl (C=O) groups excluding carboxylic acids is 1. The maximum atomic E-state index is 12.8. The molecule has 1 heterocycles. The summed E-state index contributed by atoms with van der Waals surface area (Å²) < 4.78 is 43.2. The highest BCUT2D eigenvalue weighted by molar-refractivity contribution is 9.10. The third-order valence-electron chi connectivity index (χ3n) is 3.19. The number of hydrogen-bond donors (Lipinski definition) is 2. The van der Waals surface area contributed by atoms with Crippen LogP contribution in [0.1, 0.15) is 22.3 Å². The zero-order chi connectivity index (χ0) is 15.7. The van der Waals surface area contributed by atoms with Crippen LogP contribution < -0.4 is 5.32 Å². The standard InChI is InChI=1S/C13H13BrF3NO3/c14-10-2-1-8(5-9(10)13(15,16)17)11(19)18-6-12(20)3-4-21-7-12/h1-2,5,20H,3-4,6-7H2,(H,18,19). The number of benzene rings is 1. The minimum atomic E-state index is -4.55. The third kappa shape index (κ3) is 3.96. The van der Waals surface area contributed by atoms with Gasteiger partial charge < -0.3 is 15.2 Å². The van der Waals surface area contributed by atoms with Crippen LogP contribution in [0.25, 0.3) is 0 Å². The summed E-state index contributed by atoms with van der Waals surface area (Å²) >= 11 is 2.81. The molecular formula is C13H13BrF3NO3. The molecule has 2 rings (SSSR count). The number of hydrogen-bond acceptors (Lipinski definition) is 3. The predicted molar refractivity (Wildman–Crippen MR) is 71.9 cm³/mol. The molecule has 0 aliphatic carbocycles. The van der Waals surface area contributed by atoms with Gasteiger partial charge in [-0.05, 0) is 18.2 Å². The van der Waals surface area contributed by atoms with Gasteiger partial charge in [0.1, 0.15) is 5.60 Å². The van der Waals surface area contributed by atoms with Crippen molar-refractivity contribution in [2.24, 2.45) is 0 Å². The molecule has 0 radical (unpaired) electrons. The molecule has 1 aromatic carbocycles. The van der Waals surface area contributed by atoms with Gasteiger partial charge in [0.15, 0.2) is 0 Å². The van der Waals surface area contributed by atoms with Gasteiger partial charge >= 0.3 is 6.18 Å². The van der Waals surface area contributed by atoms with Gasteiger partial charge in [0.25, 0.3) is 5.91 Å². The molecule has 0 bridgehead atoms. The molecule has 1 atom stereocenters. The number of alkyl halides is 3. The summed E-state index contributed by atoms with van der Waals surface area (Å²) in [6.07, 6.45) is -4.17. The molecule has 8 heteroatoms. The molecule has 1 amide bonds. The van der Waals surface area contributed by atoms with E-state index in [1.54, 1.807) is 0 Å². The fourth-order valence-electron chi connectivity index (χ4n) is 1.97. The average molecular weight is 368 g/mol. The number of rotatable bonds is 3. The molecule has 0 spiro atoms. The van der Waals surface area contributed by atoms with Crippen LogP contribution in [-0.2, 0) is 10.9 Å². The lowest BCUT2D eigenvalue weighted by Gasteiger charge is -2.20. The summed E-state index contributed by atoms with van der Waals surface area (Å²) in [7, 11) is 0. The van der Waals surface area contributed by atoms with E-state index in [1.165, 1.54) is 12.1 Å². The van der Waals surface area contributed by atoms with Crippen molar-refractivity contribution < 1.29 is 27.8 Å². The molecule has 21 heavy (non-hydrogen) atoms. The molecule has 1 aliphatic rings. The quantitative estimate of drug-likeness (QED) is 0.861. The Bertz CT molecular complexity index is 542. The Hall–Kier alpha value is -1.12. The predicted octanol–water partition coefficient (Wildman–Crippen LogP) is 2.35. The van der Waals surface area contributed by atoms with Gasteiger partial charge in [-0.2, -0.15) is 13.2 Å². The molecule has 0 saturated carbocycles. The van der Waals surface area contributed by atoms with Crippen molar-refractivity contribution in [3.8, 4) is 0 Å². The lowest BCUT2D eigenvalue weighted by molar-refractivity contribution is -0.138. The second kappa shape index (κ2) is 5.94. The monoisotopic (exact) mass is 367 g/mol. The molecular weight excluding hydrogens is 355 g/mol. The molecule has 116 valence electrons. The van der Waals surface area contributed by atoms with Crippen LogP contribution in [0, 0.1) is 0 Å². The topological polar surface area (TPSA) is 58.6 Å². The maximum Gasteiger partial charge on any atom is 0.417 e. The highest BCUT2D eigenvalue weighted by atomic mass is 79.9. The Kier molecular flexibility index (Phi) is 4.60. The van der Waals surface area contributed by atoms with E-state index >= 15 is 0 Å². The third-order valence-corrected chi connectivity index (χ3v) is 3.89. The second-order valence-electron chi connectivity index (χ2n) is 4.90. The normalized spacial score (nSPS) is 22.3. The highest BCUT2D eigenvalue weighted by Gasteiger charge is 2.35. The van der Waals surface area contributed by atoms with E-state index in [0.29, 0.717) is 13.0 Å². The van der Waals surface area contributed by atoms with Crippen LogP contribution in [0.2, 0.25) is 0 Å². The fraction of sp³-hybridized carbons (Fsp3) is 0.462. The van der Waals surface area contributed by atoms with Crippen LogP contribution >= 0.6 is 15.9 Å². The number of ether oxygens (including phenoxy) is 1. The van der Waals surface area contributed by atoms with Crippen LogP contribution in [0.5, 0.6) is 0 Å². The first kappa shape index (κ1) is 16.3. The van der Waals surface area contributed by atoms with Gasteiger partial charge in [-0.15, -0.1) is 0 Å². The first-order valence-electron chi connectivity index (χ1n) is 6.16. The SMILES string of the molecule is O=C(NCC1(O)CCOC1)c1ccc(Br)c(C(F)(F)F)c1. The number of nitrogens with one attached hydrogen (secondary N) is 1. The van der Waals surface area contributed by atoms with E-state index in [-0.39, 0.29) is 23.2 Å². The van der Waals surface area contributed by atoms with Gasteiger partial charge in [0.2, 0.25) is 0 Å². The number of amides is 1. The van der Waals surface area contributed by atoms with E-state index in [0.717, 1.165) is 6.07 Å². The minimum Gasteiger partial charge on any atom is -0.386 e. The van der Waals surface area contributed by atoms with Crippen molar-refractivity contribution in [2.45, 2.75) is 18.2 Å². The van der Waals surface area contributed by atoms with Crippen molar-refractivity contribution in [3.63, 3.8) is 0 Å². The molecule has 1 fully saturated rings. The zero-order valence-electron chi connectivity index (χ0n) is 10.8. The minimum absolute atomic E-state index is 0.0662. The van der Waals surface area contributed by atoms with E-state index in [2.05, 4.69) is 21.2 Å². The molecule has 1 aromatic rings. The maximum absolute atomic E-state index is 12.8. The van der Waals surface area contributed by atoms with E-state index in [1.807, 2.05) is 0 Å². The van der Waals surface area contributed by atoms with Crippen molar-refractivity contribution in [3.05, 3.63) is 33.8 Å². The van der Waals surface area contributed by atoms with Crippen LogP contribution in [0.15, 0.2) is 22.7 Å². The Balaban J connectivity index is 2.09. The van der Waals surface area contributed by atoms with E-state index in [9.17, 15) is 23.1 Å². The van der Waals surface area contributed by atoms with E-state index in [4.69, 9.17) is 4.74 Å². The molecule has 1 saturated heterocycles. The first-order valence-corrected chi connectivity index (χ1v) is 6.96. The van der Waals surface area contributed by atoms with Crippen molar-refractivity contribution in [1.29, 1.82) is 0 Å². The van der Waals surface area contributed by atoms with Gasteiger partial charge in [0.05, 0.1) is 12.2 Å². The summed E-state index contributed by atoms with van der Waals surface area (Å²) in [5.41, 5.74) is -2.19. The lowest BCUT2D eigenvalue weighted by atomic mass is 10.0. The second-order valence-corrected chi connectivity index (χ2v) is 5.76. The van der Waals surface area contributed by atoms with Gasteiger partial charge in [-0.25, -0.2) is 0 Å². The summed E-state index contributed by atoms with van der Waals surface area (Å²) in [6.45, 7) is 0.424. The number of carbonyl (C=O) groups is 1. The van der Waals surface area contributed by atoms with Gasteiger partial charge in [-0.1, -0.05) is 15.9 Å². The van der Waals surface area contributed by atoms with Gasteiger partial charge in [-0.3, -0.25) is 4.79 Å². The summed E-state index contributed by atoms with van der Waals surface area (Å²) in [5.74, 6) is -0.673. The Morgan fingerprint density at radius 2 is 2.19 bits per heavy atom. The molecule has 1 aliphatic heterocycles. The Morgan fingerprint density at radius 3 is 2.76 bits per heavy atom. The van der Waals surface area contributed by atoms with Crippen molar-refractivity contribution >= 4 is 21.8 Å². The smallest absolute Gasteiger partial charge is 0.386 e. The Morgan fingerprint density at radius 1 is 1.48 bits per heavy atom. The summed E-state index contributed by atoms with van der Waals surface area (Å²) in [6, 6.07) is 3.23. The Labute approximate surface area is 127 Å². The van der Waals surface area contributed by atoms with E-state index < -0.39 is 23.2 Å². The average Bonchev–Trinajstić information content (AvgIpc) is 2.83. The molecule has 4 nitrogen and oxygen atoms in total. The van der Waals surface area contributed by atoms with Crippen molar-refractivity contribution in [2.75, 3.05) is 19.8 Å². The summed E-state index contributed by atoms with van der Waals surface area (Å²) in [4.78, 5) is 11.9. The number of halogens is 4. The largest absolute Gasteiger partial charge is 0.417 e. The summed E-state index contributed by atoms with van der Waals surface area (Å²) in [5, 5.41) is 12.4. The fourth-order valence-corrected chi connectivity index (χ4v) is 2.44. The van der Waals surface area contributed by atoms with Crippen LogP contribution in [0.3, 0.4) is 0 Å². The number of aliphatic hydroxyl groups is 1. The molecule has 1 unspecified atom stereocenters. The molecule has 0 aromatic heterocycles. The zero-order valence-corrected chi connectivity index (χ0v) is 12.4. The lowest BCUT2D eigenvalue weighted by Crippen LogP contribution is -2.43. The molecule has 2 N–H and O–H groups in total. The van der Waals surface area contributed by atoms with Gasteiger partial charge in [0, 0.05) is 29.6 Å². The van der Waals surface area contributed by atoms with Crippen molar-refractivity contribution in [1.82, 2.24) is 5.32 Å². The first-order chi connectivity index (χ1) is 9.71. The van der Waals surface area contributed by atoms with Crippen LogP contribution in [0.4, 0.5) is 13.2 Å².